The summed E-state index contributed by atoms with van der Waals surface area (Å²) in [6, 6.07) is 18.7. The smallest absolute Gasteiger partial charge is 0.278 e. The van der Waals surface area contributed by atoms with Gasteiger partial charge in [-0.1, -0.05) is 41.9 Å². The van der Waals surface area contributed by atoms with Gasteiger partial charge in [0.2, 0.25) is 0 Å². The fourth-order valence-electron chi connectivity index (χ4n) is 2.90. The second kappa shape index (κ2) is 6.53. The van der Waals surface area contributed by atoms with Gasteiger partial charge in [0.05, 0.1) is 10.7 Å². The van der Waals surface area contributed by atoms with E-state index < -0.39 is 0 Å². The van der Waals surface area contributed by atoms with Gasteiger partial charge in [0.1, 0.15) is 0 Å². The highest BCUT2D eigenvalue weighted by atomic mass is 35.5. The van der Waals surface area contributed by atoms with E-state index >= 15 is 0 Å². The summed E-state index contributed by atoms with van der Waals surface area (Å²) in [5, 5.41) is 11.9. The molecule has 0 unspecified atom stereocenters. The van der Waals surface area contributed by atoms with Gasteiger partial charge in [0, 0.05) is 12.2 Å². The first-order chi connectivity index (χ1) is 12.2. The van der Waals surface area contributed by atoms with E-state index in [4.69, 9.17) is 11.6 Å². The van der Waals surface area contributed by atoms with Crippen LogP contribution in [0, 0.1) is 0 Å². The van der Waals surface area contributed by atoms with Crippen LogP contribution in [0.15, 0.2) is 60.7 Å². The lowest BCUT2D eigenvalue weighted by atomic mass is 10.2. The van der Waals surface area contributed by atoms with E-state index in [1.54, 1.807) is 23.1 Å². The van der Waals surface area contributed by atoms with Crippen molar-refractivity contribution >= 4 is 34.7 Å². The molecule has 3 aromatic rings. The number of carbonyl (C=O) groups excluding carboxylic acids is 1. The van der Waals surface area contributed by atoms with Crippen molar-refractivity contribution in [3.8, 4) is 0 Å². The second-order valence-corrected chi connectivity index (χ2v) is 6.15. The van der Waals surface area contributed by atoms with E-state index in [1.165, 1.54) is 5.56 Å². The molecule has 0 saturated heterocycles. The molecule has 1 aliphatic rings. The van der Waals surface area contributed by atoms with Crippen molar-refractivity contribution < 1.29 is 4.79 Å². The lowest BCUT2D eigenvalue weighted by Crippen LogP contribution is -2.29. The quantitative estimate of drug-likeness (QED) is 0.773. The number of rotatable bonds is 3. The van der Waals surface area contributed by atoms with Crippen LogP contribution in [0.3, 0.4) is 0 Å². The van der Waals surface area contributed by atoms with E-state index in [0.29, 0.717) is 23.1 Å². The number of carbonyl (C=O) groups is 1. The van der Waals surface area contributed by atoms with Gasteiger partial charge in [-0.2, -0.15) is 0 Å². The number of nitrogens with one attached hydrogen (secondary N) is 1. The number of fused-ring (bicyclic) bond motifs is 1. The Morgan fingerprint density at radius 2 is 1.80 bits per heavy atom. The number of nitrogens with zero attached hydrogens (tertiary/aromatic N) is 3. The van der Waals surface area contributed by atoms with E-state index in [1.807, 2.05) is 42.5 Å². The minimum absolute atomic E-state index is 0.137. The zero-order valence-corrected chi connectivity index (χ0v) is 14.1. The van der Waals surface area contributed by atoms with Gasteiger partial charge >= 0.3 is 0 Å². The maximum Gasteiger partial charge on any atom is 0.278 e. The van der Waals surface area contributed by atoms with Crippen LogP contribution in [0.25, 0.3) is 0 Å². The fraction of sp³-hybridized carbons (Fsp3) is 0.105. The van der Waals surface area contributed by atoms with Crippen molar-refractivity contribution in [2.45, 2.75) is 6.42 Å². The predicted molar refractivity (Wildman–Crippen MR) is 98.6 cm³/mol. The Labute approximate surface area is 150 Å². The Balaban J connectivity index is 1.53. The highest BCUT2D eigenvalue weighted by molar-refractivity contribution is 6.33. The molecular formula is C19H15ClN4O. The van der Waals surface area contributed by atoms with Crippen molar-refractivity contribution in [3.05, 3.63) is 76.9 Å². The molecule has 0 saturated carbocycles. The molecule has 2 aromatic carbocycles. The number of amides is 1. The first-order valence-corrected chi connectivity index (χ1v) is 8.35. The third kappa shape index (κ3) is 3.06. The molecule has 1 amide bonds. The van der Waals surface area contributed by atoms with Crippen LogP contribution in [0.2, 0.25) is 5.02 Å². The van der Waals surface area contributed by atoms with E-state index in [0.717, 1.165) is 17.8 Å². The van der Waals surface area contributed by atoms with Crippen LogP contribution in [-0.2, 0) is 6.42 Å². The molecule has 0 radical (unpaired) electrons. The topological polar surface area (TPSA) is 58.1 Å². The maximum absolute atomic E-state index is 12.7. The number of anilines is 3. The minimum atomic E-state index is -0.137. The minimum Gasteiger partial charge on any atom is -0.338 e. The molecule has 0 bridgehead atoms. The largest absolute Gasteiger partial charge is 0.338 e. The Morgan fingerprint density at radius 3 is 2.60 bits per heavy atom. The van der Waals surface area contributed by atoms with Crippen LogP contribution in [0.4, 0.5) is 17.2 Å². The van der Waals surface area contributed by atoms with Gasteiger partial charge in [-0.3, -0.25) is 4.79 Å². The van der Waals surface area contributed by atoms with Crippen molar-refractivity contribution in [2.75, 3.05) is 16.8 Å². The monoisotopic (exact) mass is 350 g/mol. The number of halogens is 1. The Morgan fingerprint density at radius 1 is 1.00 bits per heavy atom. The lowest BCUT2D eigenvalue weighted by Gasteiger charge is -2.16. The average Bonchev–Trinajstić information content (AvgIpc) is 3.08. The molecule has 2 heterocycles. The van der Waals surface area contributed by atoms with Gasteiger partial charge in [0.25, 0.3) is 5.91 Å². The highest BCUT2D eigenvalue weighted by Gasteiger charge is 2.26. The number of para-hydroxylation sites is 2. The maximum atomic E-state index is 12.7. The van der Waals surface area contributed by atoms with Crippen LogP contribution in [0.1, 0.15) is 16.1 Å². The molecular weight excluding hydrogens is 336 g/mol. The third-order valence-electron chi connectivity index (χ3n) is 4.15. The van der Waals surface area contributed by atoms with Gasteiger partial charge in [-0.25, -0.2) is 0 Å². The van der Waals surface area contributed by atoms with Crippen LogP contribution < -0.4 is 10.2 Å². The molecule has 6 heteroatoms. The number of hydrogen-bond acceptors (Lipinski definition) is 4. The molecule has 1 N–H and O–H groups in total. The summed E-state index contributed by atoms with van der Waals surface area (Å²) in [7, 11) is 0. The first-order valence-electron chi connectivity index (χ1n) is 7.97. The van der Waals surface area contributed by atoms with E-state index in [2.05, 4.69) is 15.5 Å². The molecule has 5 nitrogen and oxygen atoms in total. The lowest BCUT2D eigenvalue weighted by molar-refractivity contribution is 0.0983. The molecule has 0 fully saturated rings. The van der Waals surface area contributed by atoms with Crippen molar-refractivity contribution in [1.82, 2.24) is 10.2 Å². The van der Waals surface area contributed by atoms with Crippen molar-refractivity contribution in [1.29, 1.82) is 0 Å². The zero-order chi connectivity index (χ0) is 17.2. The molecule has 25 heavy (non-hydrogen) atoms. The normalized spacial score (nSPS) is 12.8. The molecule has 1 aromatic heterocycles. The predicted octanol–water partition coefficient (Wildman–Crippen LogP) is 4.08. The van der Waals surface area contributed by atoms with Crippen molar-refractivity contribution in [3.63, 3.8) is 0 Å². The highest BCUT2D eigenvalue weighted by Crippen LogP contribution is 2.29. The summed E-state index contributed by atoms with van der Waals surface area (Å²) in [6.07, 6.45) is 0.863. The molecule has 0 aliphatic carbocycles. The third-order valence-corrected chi connectivity index (χ3v) is 4.48. The van der Waals surface area contributed by atoms with Gasteiger partial charge in [-0.15, -0.1) is 10.2 Å². The van der Waals surface area contributed by atoms with Gasteiger partial charge in [0.15, 0.2) is 11.5 Å². The van der Waals surface area contributed by atoms with E-state index in [-0.39, 0.29) is 5.91 Å². The summed E-state index contributed by atoms with van der Waals surface area (Å²) < 4.78 is 0. The molecule has 1 aliphatic heterocycles. The van der Waals surface area contributed by atoms with Crippen LogP contribution in [0.5, 0.6) is 0 Å². The van der Waals surface area contributed by atoms with Crippen LogP contribution in [-0.4, -0.2) is 22.6 Å². The van der Waals surface area contributed by atoms with Gasteiger partial charge < -0.3 is 10.2 Å². The Kier molecular flexibility index (Phi) is 4.07. The van der Waals surface area contributed by atoms with E-state index in [9.17, 15) is 4.79 Å². The number of hydrogen-bond donors (Lipinski definition) is 1. The zero-order valence-electron chi connectivity index (χ0n) is 13.3. The summed E-state index contributed by atoms with van der Waals surface area (Å²) in [5.41, 5.74) is 3.20. The van der Waals surface area contributed by atoms with Crippen LogP contribution >= 0.6 is 11.6 Å². The second-order valence-electron chi connectivity index (χ2n) is 5.74. The Hall–Kier alpha value is -2.92. The molecule has 0 atom stereocenters. The average molecular weight is 351 g/mol. The first kappa shape index (κ1) is 15.6. The Bertz CT molecular complexity index is 927. The SMILES string of the molecule is O=C(c1ccc(Nc2ccccc2Cl)nn1)N1CCc2ccccc21. The summed E-state index contributed by atoms with van der Waals surface area (Å²) in [6.45, 7) is 0.666. The van der Waals surface area contributed by atoms with Crippen molar-refractivity contribution in [2.24, 2.45) is 0 Å². The summed E-state index contributed by atoms with van der Waals surface area (Å²) in [4.78, 5) is 14.5. The molecule has 4 rings (SSSR count). The fourth-order valence-corrected chi connectivity index (χ4v) is 3.08. The number of benzene rings is 2. The molecule has 124 valence electrons. The standard InChI is InChI=1S/C19H15ClN4O/c20-14-6-2-3-7-15(14)21-18-10-9-16(22-23-18)19(25)24-12-11-13-5-1-4-8-17(13)24/h1-10H,11-12H2,(H,21,23). The summed E-state index contributed by atoms with van der Waals surface area (Å²) >= 11 is 6.12. The number of aromatic nitrogens is 2. The summed E-state index contributed by atoms with van der Waals surface area (Å²) in [5.74, 6) is 0.396. The van der Waals surface area contributed by atoms with Gasteiger partial charge in [-0.05, 0) is 42.3 Å². The molecule has 0 spiro atoms.